The molecule has 0 aromatic carbocycles. The van der Waals surface area contributed by atoms with E-state index in [1.165, 1.54) is 19.9 Å². The Balaban J connectivity index is 0.910. The fourth-order valence-electron chi connectivity index (χ4n) is 16.9. The van der Waals surface area contributed by atoms with Gasteiger partial charge in [0.1, 0.15) is 23.5 Å². The maximum atomic E-state index is 15.6. The van der Waals surface area contributed by atoms with Crippen molar-refractivity contribution in [1.29, 1.82) is 0 Å². The van der Waals surface area contributed by atoms with Crippen LogP contribution in [-0.2, 0) is 80.8 Å². The summed E-state index contributed by atoms with van der Waals surface area (Å²) in [5, 5.41) is 82.9. The number of hydrogen-bond acceptors (Lipinski definition) is 25. The molecule has 1 spiro atoms. The molecule has 6 heterocycles. The number of amides is 1. The van der Waals surface area contributed by atoms with Crippen LogP contribution < -0.4 is 5.32 Å². The maximum absolute atomic E-state index is 15.6. The summed E-state index contributed by atoms with van der Waals surface area (Å²) in [6.45, 7) is 20.9. The first-order chi connectivity index (χ1) is 44.3. The van der Waals surface area contributed by atoms with E-state index < -0.39 is 216 Å². The number of carboxylic acid groups (broad SMARTS) is 1. The molecule has 1 saturated carbocycles. The lowest BCUT2D eigenvalue weighted by Crippen LogP contribution is -2.67. The number of nitrogens with zero attached hydrogens (tertiary/aromatic N) is 1. The average molecular weight is 1330 g/mol. The van der Waals surface area contributed by atoms with Gasteiger partial charge in [-0.3, -0.25) is 14.8 Å². The van der Waals surface area contributed by atoms with Gasteiger partial charge >= 0.3 is 24.0 Å². The van der Waals surface area contributed by atoms with Crippen LogP contribution in [0.2, 0.25) is 0 Å². The highest BCUT2D eigenvalue weighted by Crippen LogP contribution is 2.61. The van der Waals surface area contributed by atoms with Crippen molar-refractivity contribution in [3.8, 4) is 0 Å². The Bertz CT molecular complexity index is 2960. The number of aliphatic hydroxyl groups is 4. The van der Waals surface area contributed by atoms with E-state index in [9.17, 15) is 55.1 Å². The van der Waals surface area contributed by atoms with E-state index in [1.54, 1.807) is 41.5 Å². The molecule has 0 aromatic rings. The fraction of sp³-hybridized carbons (Fsp3) is 0.776. The van der Waals surface area contributed by atoms with E-state index in [1.807, 2.05) is 39.0 Å². The number of hydroxylamine groups is 2. The number of alkyl carbamates (subject to hydrolysis) is 1. The Kier molecular flexibility index (Phi) is 21.9. The smallest absolute Gasteiger partial charge is 0.407 e. The third kappa shape index (κ3) is 14.1. The number of ether oxygens (including phenoxy) is 13. The molecule has 6 aliphatic heterocycles. The average Bonchev–Trinajstić information content (AvgIpc) is 1.37. The van der Waals surface area contributed by atoms with Crippen molar-refractivity contribution >= 4 is 29.8 Å². The van der Waals surface area contributed by atoms with Gasteiger partial charge < -0.3 is 103 Å². The summed E-state index contributed by atoms with van der Waals surface area (Å²) in [5.41, 5.74) is -5.57. The summed E-state index contributed by atoms with van der Waals surface area (Å²) in [4.78, 5) is 68.3. The molecule has 27 heteroatoms. The van der Waals surface area contributed by atoms with E-state index in [0.29, 0.717) is 43.3 Å². The first-order valence-electron chi connectivity index (χ1n) is 33.2. The molecule has 10 rings (SSSR count). The molecular weight excluding hydrogens is 1230 g/mol. The number of allylic oxidation sites excluding steroid dienone is 3. The number of nitrogens with one attached hydrogen (secondary N) is 1. The number of carbonyl (C=O) groups is 5. The van der Waals surface area contributed by atoms with Crippen LogP contribution in [0.15, 0.2) is 58.4 Å². The molecule has 2 bridgehead atoms. The number of carbonyl (C=O) groups excluding carboxylic acids is 4. The Hall–Kier alpha value is -4.79. The summed E-state index contributed by atoms with van der Waals surface area (Å²) >= 11 is 0. The van der Waals surface area contributed by atoms with E-state index in [4.69, 9.17) is 61.6 Å². The first-order valence-corrected chi connectivity index (χ1v) is 33.2. The quantitative estimate of drug-likeness (QED) is 0.0336. The lowest BCUT2D eigenvalue weighted by atomic mass is 9.49. The molecule has 94 heavy (non-hydrogen) atoms. The second-order valence-electron chi connectivity index (χ2n) is 28.4. The largest absolute Gasteiger partial charge is 0.762 e. The standard InChI is InChI=1S/C67H97N2O25/c1-29-14-18-46(89-53-28-65(11,69(80)81)59(37(9)87-53)68-64(79)82-13)30(2)23-42-44(72)24-39(62(76)77)27-67(42)61(75)54(63(78)94-67)60(74)66(12)41(29)16-15-40-55(66)31(3)22-32(4)56(40)93-52-26-48(58(36(8)86-52)88-38(10)70)91-49-21-19-47(34(6)84-49)90-51-25-45(73)57(35(7)85-51)92-50-20-17-43(71)33(5)83-50/h14-16,23-24,31-37,40-53,55-59,71-74,80H,17-22,25-28H2,1-13H3,(H,68,79)(H,76,77)/q-1/b29-14+,30-23+,60-54?/t31-,32-,33+,34+,35-,36-,37-,40-,41-,42+,43-,44+,45+,46-,47+,48+,49-,50+,51-,52+,53-,55-,56-,57-,58-,59+,65+,66+,67+/m0/s1. The molecular formula is C67H97N2O25-. The van der Waals surface area contributed by atoms with Crippen molar-refractivity contribution in [3.63, 3.8) is 0 Å². The van der Waals surface area contributed by atoms with E-state index >= 15 is 4.79 Å². The van der Waals surface area contributed by atoms with Crippen molar-refractivity contribution in [2.45, 2.75) is 281 Å². The summed E-state index contributed by atoms with van der Waals surface area (Å²) in [6, 6.07) is -1.08. The highest BCUT2D eigenvalue weighted by molar-refractivity contribution is 6.26. The van der Waals surface area contributed by atoms with Gasteiger partial charge in [0.15, 0.2) is 43.2 Å². The van der Waals surface area contributed by atoms with Crippen molar-refractivity contribution in [2.24, 2.45) is 40.9 Å². The number of fused-ring (bicyclic) bond motifs is 4. The number of aliphatic hydroxyl groups excluding tert-OH is 4. The van der Waals surface area contributed by atoms with Crippen LogP contribution in [0.25, 0.3) is 0 Å². The van der Waals surface area contributed by atoms with Crippen LogP contribution in [0.1, 0.15) is 147 Å². The minimum atomic E-state index is -2.36. The molecule has 526 valence electrons. The highest BCUT2D eigenvalue weighted by atomic mass is 16.8. The van der Waals surface area contributed by atoms with Gasteiger partial charge in [0.25, 0.3) is 0 Å². The van der Waals surface area contributed by atoms with Crippen molar-refractivity contribution in [2.75, 3.05) is 7.11 Å². The van der Waals surface area contributed by atoms with E-state index in [-0.39, 0.29) is 42.7 Å². The van der Waals surface area contributed by atoms with Gasteiger partial charge in [0.05, 0.1) is 91.8 Å². The zero-order valence-electron chi connectivity index (χ0n) is 55.9. The number of hydrogen-bond donors (Lipinski definition) is 7. The predicted octanol–water partition coefficient (Wildman–Crippen LogP) is 6.16. The van der Waals surface area contributed by atoms with Gasteiger partial charge in [-0.2, -0.15) is 0 Å². The summed E-state index contributed by atoms with van der Waals surface area (Å²) < 4.78 is 81.5. The third-order valence-electron chi connectivity index (χ3n) is 21.8. The van der Waals surface area contributed by atoms with E-state index in [2.05, 4.69) is 12.2 Å². The van der Waals surface area contributed by atoms with Crippen molar-refractivity contribution in [1.82, 2.24) is 10.5 Å². The molecule has 0 aromatic heterocycles. The Labute approximate surface area is 547 Å². The SMILES string of the molecule is COC(=O)N[C@@H]1[C@H](C)O[C@@H](O[C@H]2C/C=C(\C)[C@@H]3C=C[C@@H]4[C@@H](O[C@@H]5C[C@@H](O[C@H]6CC[C@@H](O[C@H]7C[C@@H](O)[C@@H](O[C@@H]8CC[C@H](O)[C@@H](C)O8)[C@H](C)O7)[C@@H](C)O6)[C@@H](OC(C)=O)[C@H](C)O5)[C@@H](C)C[C@H](C)[C@@H]4[C@]3(C)C(O)=C3C(=O)O[C@@]4(CC(C(=O)O)=C[C@@H](O)[C@H]4/C=C/2C)C3=O)C[C@@]1(C)N([O-])O. The van der Waals surface area contributed by atoms with Crippen LogP contribution in [-0.4, -0.2) is 207 Å². The Morgan fingerprint density at radius 2 is 1.33 bits per heavy atom. The monoisotopic (exact) mass is 1330 g/mol. The molecule has 10 aliphatic rings. The molecule has 0 unspecified atom stereocenters. The number of methoxy groups -OCH3 is 1. The van der Waals surface area contributed by atoms with Gasteiger partial charge in [-0.05, 0) is 110 Å². The van der Waals surface area contributed by atoms with Gasteiger partial charge in [-0.25, -0.2) is 14.4 Å². The summed E-state index contributed by atoms with van der Waals surface area (Å²) in [5.74, 6) is -8.42. The van der Waals surface area contributed by atoms with Gasteiger partial charge in [0.2, 0.25) is 5.78 Å². The molecule has 4 aliphatic carbocycles. The Morgan fingerprint density at radius 3 is 1.98 bits per heavy atom. The number of Topliss-reactive ketones (excluding diaryl/α,β-unsaturated/α-hetero) is 1. The molecule has 29 atom stereocenters. The summed E-state index contributed by atoms with van der Waals surface area (Å²) in [6.07, 6.45) is -5.62. The zero-order chi connectivity index (χ0) is 68.4. The lowest BCUT2D eigenvalue weighted by Gasteiger charge is -2.56. The highest BCUT2D eigenvalue weighted by Gasteiger charge is 2.65. The minimum absolute atomic E-state index is 0.0858. The van der Waals surface area contributed by atoms with Gasteiger partial charge in [-0.1, -0.05) is 50.6 Å². The summed E-state index contributed by atoms with van der Waals surface area (Å²) in [7, 11) is 1.15. The first kappa shape index (κ1) is 72.0. The van der Waals surface area contributed by atoms with Crippen LogP contribution in [0.5, 0.6) is 0 Å². The molecule has 0 radical (unpaired) electrons. The molecule has 1 amide bonds. The van der Waals surface area contributed by atoms with Crippen LogP contribution in [0, 0.1) is 46.1 Å². The fourth-order valence-corrected chi connectivity index (χ4v) is 16.9. The van der Waals surface area contributed by atoms with Crippen LogP contribution in [0.4, 0.5) is 4.79 Å². The topological polar surface area (TPSA) is 365 Å². The predicted molar refractivity (Wildman–Crippen MR) is 327 cm³/mol. The minimum Gasteiger partial charge on any atom is -0.762 e. The van der Waals surface area contributed by atoms with Crippen LogP contribution in [0.3, 0.4) is 0 Å². The zero-order valence-corrected chi connectivity index (χ0v) is 55.9. The number of ketones is 1. The normalized spacial score (nSPS) is 47.1. The molecule has 27 nitrogen and oxygen atoms in total. The second-order valence-corrected chi connectivity index (χ2v) is 28.4. The number of esters is 2. The number of aliphatic carboxylic acids is 1. The maximum Gasteiger partial charge on any atom is 0.407 e. The lowest BCUT2D eigenvalue weighted by molar-refractivity contribution is -0.331. The van der Waals surface area contributed by atoms with E-state index in [0.717, 1.165) is 13.2 Å². The van der Waals surface area contributed by atoms with Gasteiger partial charge in [0, 0.05) is 68.3 Å². The van der Waals surface area contributed by atoms with Crippen LogP contribution >= 0.6 is 0 Å². The molecule has 7 N–H and O–H groups in total. The number of carboxylic acids is 1. The third-order valence-corrected chi connectivity index (χ3v) is 21.8. The Morgan fingerprint density at radius 1 is 0.702 bits per heavy atom. The molecule has 7 fully saturated rings. The van der Waals surface area contributed by atoms with Crippen molar-refractivity contribution in [3.05, 3.63) is 63.6 Å². The second kappa shape index (κ2) is 28.6. The van der Waals surface area contributed by atoms with Crippen molar-refractivity contribution < 1.29 is 116 Å². The van der Waals surface area contributed by atoms with Gasteiger partial charge in [-0.15, -0.1) is 0 Å². The molecule has 6 saturated heterocycles. The number of rotatable bonds is 14.